The van der Waals surface area contributed by atoms with Gasteiger partial charge >= 0.3 is 0 Å². The van der Waals surface area contributed by atoms with Crippen LogP contribution in [0.1, 0.15) is 32.9 Å². The number of nitrogens with two attached hydrogens (primary N) is 1. The fourth-order valence-corrected chi connectivity index (χ4v) is 2.84. The number of aromatic nitrogens is 2. The number of nitrogens with zero attached hydrogens (tertiary/aromatic N) is 2. The standard InChI is InChI=1S/C13H18N4S/c1-8-6-11(4-5-15-8)12(17-14)7-13-16-9(2)10(3)18-13/h4-6,12,17H,7,14H2,1-3H3. The van der Waals surface area contributed by atoms with E-state index in [1.165, 1.54) is 4.88 Å². The van der Waals surface area contributed by atoms with Crippen LogP contribution in [0.15, 0.2) is 18.3 Å². The van der Waals surface area contributed by atoms with Gasteiger partial charge in [0.2, 0.25) is 0 Å². The second kappa shape index (κ2) is 5.56. The minimum atomic E-state index is 0.0802. The molecule has 0 aliphatic heterocycles. The van der Waals surface area contributed by atoms with Gasteiger partial charge in [-0.1, -0.05) is 0 Å². The average molecular weight is 262 g/mol. The zero-order valence-corrected chi connectivity index (χ0v) is 11.7. The minimum absolute atomic E-state index is 0.0802. The Bertz CT molecular complexity index is 516. The Labute approximate surface area is 111 Å². The molecule has 0 spiro atoms. The maximum Gasteiger partial charge on any atom is 0.0950 e. The fraction of sp³-hybridized carbons (Fsp3) is 0.385. The van der Waals surface area contributed by atoms with Crippen LogP contribution in [0.5, 0.6) is 0 Å². The molecule has 2 aromatic heterocycles. The number of hydrogen-bond acceptors (Lipinski definition) is 5. The summed E-state index contributed by atoms with van der Waals surface area (Å²) in [6.07, 6.45) is 2.62. The Hall–Kier alpha value is -1.30. The Morgan fingerprint density at radius 3 is 2.72 bits per heavy atom. The molecule has 2 rings (SSSR count). The summed E-state index contributed by atoms with van der Waals surface area (Å²) in [4.78, 5) is 10.0. The van der Waals surface area contributed by atoms with Crippen molar-refractivity contribution in [3.63, 3.8) is 0 Å². The molecule has 2 aromatic rings. The molecule has 0 bridgehead atoms. The van der Waals surface area contributed by atoms with Crippen molar-refractivity contribution in [1.82, 2.24) is 15.4 Å². The molecule has 0 saturated heterocycles. The fourth-order valence-electron chi connectivity index (χ4n) is 1.86. The summed E-state index contributed by atoms with van der Waals surface area (Å²) in [5, 5.41) is 1.11. The van der Waals surface area contributed by atoms with E-state index < -0.39 is 0 Å². The monoisotopic (exact) mass is 262 g/mol. The van der Waals surface area contributed by atoms with Crippen LogP contribution in [0.3, 0.4) is 0 Å². The largest absolute Gasteiger partial charge is 0.271 e. The molecule has 96 valence electrons. The van der Waals surface area contributed by atoms with Gasteiger partial charge < -0.3 is 0 Å². The highest BCUT2D eigenvalue weighted by Gasteiger charge is 2.14. The van der Waals surface area contributed by atoms with E-state index in [4.69, 9.17) is 5.84 Å². The number of pyridine rings is 1. The SMILES string of the molecule is Cc1cc(C(Cc2nc(C)c(C)s2)NN)ccn1. The maximum absolute atomic E-state index is 5.65. The van der Waals surface area contributed by atoms with Crippen LogP contribution < -0.4 is 11.3 Å². The molecular weight excluding hydrogens is 244 g/mol. The van der Waals surface area contributed by atoms with Crippen molar-refractivity contribution in [2.45, 2.75) is 33.2 Å². The maximum atomic E-state index is 5.65. The lowest BCUT2D eigenvalue weighted by atomic mass is 10.1. The van der Waals surface area contributed by atoms with Crippen molar-refractivity contribution in [2.24, 2.45) is 5.84 Å². The summed E-state index contributed by atoms with van der Waals surface area (Å²) in [6, 6.07) is 4.12. The number of thiazole rings is 1. The van der Waals surface area contributed by atoms with E-state index in [0.29, 0.717) is 0 Å². The van der Waals surface area contributed by atoms with Crippen LogP contribution >= 0.6 is 11.3 Å². The Balaban J connectivity index is 2.19. The second-order valence-electron chi connectivity index (χ2n) is 4.40. The molecule has 1 unspecified atom stereocenters. The van der Waals surface area contributed by atoms with Crippen molar-refractivity contribution in [3.8, 4) is 0 Å². The Morgan fingerprint density at radius 2 is 2.17 bits per heavy atom. The van der Waals surface area contributed by atoms with Crippen molar-refractivity contribution < 1.29 is 0 Å². The summed E-state index contributed by atoms with van der Waals surface area (Å²) in [6.45, 7) is 6.11. The van der Waals surface area contributed by atoms with Crippen molar-refractivity contribution in [2.75, 3.05) is 0 Å². The first kappa shape index (κ1) is 13.1. The third kappa shape index (κ3) is 2.93. The molecule has 0 aliphatic rings. The molecule has 0 aromatic carbocycles. The van der Waals surface area contributed by atoms with Gasteiger partial charge in [-0.15, -0.1) is 11.3 Å². The summed E-state index contributed by atoms with van der Waals surface area (Å²) in [7, 11) is 0. The molecule has 0 aliphatic carbocycles. The van der Waals surface area contributed by atoms with Gasteiger partial charge in [-0.3, -0.25) is 16.3 Å². The van der Waals surface area contributed by atoms with Gasteiger partial charge in [0, 0.05) is 23.2 Å². The van der Waals surface area contributed by atoms with E-state index in [0.717, 1.165) is 28.4 Å². The Morgan fingerprint density at radius 1 is 1.39 bits per heavy atom. The number of hydrazine groups is 1. The highest BCUT2D eigenvalue weighted by atomic mass is 32.1. The molecule has 4 nitrogen and oxygen atoms in total. The lowest BCUT2D eigenvalue weighted by Crippen LogP contribution is -2.29. The molecular formula is C13H18N4S. The normalized spacial score (nSPS) is 12.7. The highest BCUT2D eigenvalue weighted by Crippen LogP contribution is 2.23. The minimum Gasteiger partial charge on any atom is -0.271 e. The first-order chi connectivity index (χ1) is 8.60. The molecule has 0 fully saturated rings. The van der Waals surface area contributed by atoms with Gasteiger partial charge in [0.05, 0.1) is 16.7 Å². The van der Waals surface area contributed by atoms with E-state index in [2.05, 4.69) is 28.4 Å². The molecule has 18 heavy (non-hydrogen) atoms. The lowest BCUT2D eigenvalue weighted by molar-refractivity contribution is 0.549. The van der Waals surface area contributed by atoms with Crippen molar-refractivity contribution in [3.05, 3.63) is 45.2 Å². The predicted octanol–water partition coefficient (Wildman–Crippen LogP) is 2.21. The van der Waals surface area contributed by atoms with Crippen LogP contribution in [0.2, 0.25) is 0 Å². The number of aryl methyl sites for hydroxylation is 3. The molecule has 2 heterocycles. The van der Waals surface area contributed by atoms with Crippen LogP contribution in [-0.4, -0.2) is 9.97 Å². The van der Waals surface area contributed by atoms with Gasteiger partial charge in [-0.2, -0.15) is 0 Å². The topological polar surface area (TPSA) is 63.8 Å². The van der Waals surface area contributed by atoms with E-state index in [9.17, 15) is 0 Å². The highest BCUT2D eigenvalue weighted by molar-refractivity contribution is 7.11. The average Bonchev–Trinajstić information content (AvgIpc) is 2.65. The van der Waals surface area contributed by atoms with Gasteiger partial charge in [-0.05, 0) is 38.5 Å². The first-order valence-electron chi connectivity index (χ1n) is 5.91. The van der Waals surface area contributed by atoms with Crippen LogP contribution in [0.4, 0.5) is 0 Å². The van der Waals surface area contributed by atoms with Gasteiger partial charge in [0.15, 0.2) is 0 Å². The molecule has 0 saturated carbocycles. The van der Waals surface area contributed by atoms with Crippen molar-refractivity contribution >= 4 is 11.3 Å². The lowest BCUT2D eigenvalue weighted by Gasteiger charge is -2.15. The van der Waals surface area contributed by atoms with E-state index in [1.54, 1.807) is 11.3 Å². The Kier molecular flexibility index (Phi) is 4.06. The summed E-state index contributed by atoms with van der Waals surface area (Å²) < 4.78 is 0. The van der Waals surface area contributed by atoms with Crippen LogP contribution in [0, 0.1) is 20.8 Å². The molecule has 0 amide bonds. The van der Waals surface area contributed by atoms with Gasteiger partial charge in [-0.25, -0.2) is 4.98 Å². The molecule has 3 N–H and O–H groups in total. The van der Waals surface area contributed by atoms with Crippen LogP contribution in [-0.2, 0) is 6.42 Å². The third-order valence-corrected chi connectivity index (χ3v) is 4.07. The zero-order chi connectivity index (χ0) is 13.1. The molecule has 5 heteroatoms. The first-order valence-corrected chi connectivity index (χ1v) is 6.73. The van der Waals surface area contributed by atoms with Gasteiger partial charge in [0.1, 0.15) is 0 Å². The number of rotatable bonds is 4. The third-order valence-electron chi connectivity index (χ3n) is 2.98. The van der Waals surface area contributed by atoms with E-state index in [1.807, 2.05) is 26.1 Å². The van der Waals surface area contributed by atoms with Crippen LogP contribution in [0.25, 0.3) is 0 Å². The summed E-state index contributed by atoms with van der Waals surface area (Å²) in [5.41, 5.74) is 6.12. The summed E-state index contributed by atoms with van der Waals surface area (Å²) >= 11 is 1.73. The summed E-state index contributed by atoms with van der Waals surface area (Å²) in [5.74, 6) is 5.65. The number of nitrogens with one attached hydrogen (secondary N) is 1. The van der Waals surface area contributed by atoms with Crippen molar-refractivity contribution in [1.29, 1.82) is 0 Å². The second-order valence-corrected chi connectivity index (χ2v) is 5.69. The number of hydrogen-bond donors (Lipinski definition) is 2. The smallest absolute Gasteiger partial charge is 0.0950 e. The quantitative estimate of drug-likeness (QED) is 0.655. The van der Waals surface area contributed by atoms with E-state index >= 15 is 0 Å². The predicted molar refractivity (Wildman–Crippen MR) is 74.3 cm³/mol. The molecule has 0 radical (unpaired) electrons. The molecule has 1 atom stereocenters. The van der Waals surface area contributed by atoms with Gasteiger partial charge in [0.25, 0.3) is 0 Å². The zero-order valence-electron chi connectivity index (χ0n) is 10.9. The van der Waals surface area contributed by atoms with E-state index in [-0.39, 0.29) is 6.04 Å².